The summed E-state index contributed by atoms with van der Waals surface area (Å²) in [5.41, 5.74) is 7.79. The third kappa shape index (κ3) is 4.91. The summed E-state index contributed by atoms with van der Waals surface area (Å²) in [6.45, 7) is 10.8. The first-order valence-corrected chi connectivity index (χ1v) is 13.9. The number of dihydropyridines is 1. The Morgan fingerprint density at radius 2 is 1.49 bits per heavy atom. The van der Waals surface area contributed by atoms with Crippen LogP contribution in [0.15, 0.2) is 54.4 Å². The first kappa shape index (κ1) is 26.5. The second-order valence-electron chi connectivity index (χ2n) is 9.56. The van der Waals surface area contributed by atoms with Gasteiger partial charge in [-0.25, -0.2) is 9.59 Å². The molecule has 198 valence electrons. The van der Waals surface area contributed by atoms with E-state index in [-0.39, 0.29) is 11.1 Å². The molecule has 5 rings (SSSR count). The summed E-state index contributed by atoms with van der Waals surface area (Å²) in [4.78, 5) is 37.3. The number of rotatable bonds is 6. The van der Waals surface area contributed by atoms with Crippen molar-refractivity contribution >= 4 is 40.3 Å². The van der Waals surface area contributed by atoms with Crippen LogP contribution in [0.25, 0.3) is 25.9 Å². The minimum absolute atomic E-state index is 0.0767. The van der Waals surface area contributed by atoms with Gasteiger partial charge in [0.2, 0.25) is 0 Å². The fraction of sp³-hybridized carbons (Fsp3) is 0.200. The average Bonchev–Trinajstić information content (AvgIpc) is 3.37. The van der Waals surface area contributed by atoms with E-state index in [0.717, 1.165) is 10.4 Å². The van der Waals surface area contributed by atoms with E-state index in [0.29, 0.717) is 17.1 Å². The maximum atomic E-state index is 12.0. The molecule has 3 N–H and O–H groups in total. The molecule has 4 aromatic rings. The molecule has 39 heavy (non-hydrogen) atoms. The van der Waals surface area contributed by atoms with E-state index in [1.807, 2.05) is 23.5 Å². The van der Waals surface area contributed by atoms with E-state index >= 15 is 0 Å². The molecule has 1 atom stereocenters. The van der Waals surface area contributed by atoms with Gasteiger partial charge in [-0.05, 0) is 98.9 Å². The number of aryl methyl sites for hydroxylation is 1. The van der Waals surface area contributed by atoms with Crippen molar-refractivity contribution < 1.29 is 19.8 Å². The number of nitrogens with one attached hydrogen (secondary N) is 1. The fourth-order valence-corrected chi connectivity index (χ4v) is 7.31. The molecule has 4 aromatic heterocycles. The van der Waals surface area contributed by atoms with Crippen LogP contribution in [0.2, 0.25) is 0 Å². The van der Waals surface area contributed by atoms with E-state index in [4.69, 9.17) is 0 Å². The molecule has 5 heterocycles. The summed E-state index contributed by atoms with van der Waals surface area (Å²) in [6, 6.07) is 6.14. The molecule has 0 fully saturated rings. The summed E-state index contributed by atoms with van der Waals surface area (Å²) in [5.74, 6) is -2.16. The first-order chi connectivity index (χ1) is 18.5. The molecule has 0 spiro atoms. The van der Waals surface area contributed by atoms with Crippen molar-refractivity contribution in [2.45, 2.75) is 40.7 Å². The maximum absolute atomic E-state index is 12.0. The van der Waals surface area contributed by atoms with E-state index in [9.17, 15) is 19.8 Å². The molecule has 1 aliphatic rings. The molecular weight excluding hydrogens is 530 g/mol. The minimum Gasteiger partial charge on any atom is -0.478 e. The van der Waals surface area contributed by atoms with Gasteiger partial charge in [0.25, 0.3) is 0 Å². The smallest absolute Gasteiger partial charge is 0.335 e. The molecule has 0 aliphatic carbocycles. The summed E-state index contributed by atoms with van der Waals surface area (Å²) in [7, 11) is 0. The van der Waals surface area contributed by atoms with Crippen LogP contribution in [0.4, 0.5) is 0 Å². The van der Waals surface area contributed by atoms with Gasteiger partial charge in [0.05, 0.1) is 34.3 Å². The Morgan fingerprint density at radius 3 is 2.15 bits per heavy atom. The second kappa shape index (κ2) is 10.2. The number of carbonyl (C=O) groups is 2. The first-order valence-electron chi connectivity index (χ1n) is 12.3. The minimum atomic E-state index is -1.09. The quantitative estimate of drug-likeness (QED) is 0.237. The highest BCUT2D eigenvalue weighted by Gasteiger charge is 2.24. The van der Waals surface area contributed by atoms with E-state index < -0.39 is 18.0 Å². The zero-order valence-electron chi connectivity index (χ0n) is 22.1. The Balaban J connectivity index is 1.54. The van der Waals surface area contributed by atoms with Gasteiger partial charge in [0.1, 0.15) is 0 Å². The number of pyridine rings is 2. The third-order valence-corrected chi connectivity index (χ3v) is 10.1. The molecular formula is C30H27N3O4S2. The molecule has 0 saturated carbocycles. The number of thiophene rings is 2. The summed E-state index contributed by atoms with van der Waals surface area (Å²) in [5, 5.41) is 22.5. The number of aromatic nitrogens is 2. The highest BCUT2D eigenvalue weighted by Crippen LogP contribution is 2.46. The predicted molar refractivity (Wildman–Crippen MR) is 155 cm³/mol. The predicted octanol–water partition coefficient (Wildman–Crippen LogP) is 6.87. The van der Waals surface area contributed by atoms with Crippen LogP contribution in [0.3, 0.4) is 0 Å². The van der Waals surface area contributed by atoms with E-state index in [1.165, 1.54) is 61.3 Å². The van der Waals surface area contributed by atoms with Gasteiger partial charge in [-0.1, -0.05) is 0 Å². The topological polar surface area (TPSA) is 112 Å². The summed E-state index contributed by atoms with van der Waals surface area (Å²) >= 11 is 3.59. The van der Waals surface area contributed by atoms with Crippen LogP contribution in [-0.4, -0.2) is 32.1 Å². The van der Waals surface area contributed by atoms with Crippen molar-refractivity contribution in [2.24, 2.45) is 0 Å². The molecule has 0 radical (unpaired) electrons. The second-order valence-corrected chi connectivity index (χ2v) is 11.8. The van der Waals surface area contributed by atoms with Crippen molar-refractivity contribution in [1.82, 2.24) is 15.3 Å². The average molecular weight is 558 g/mol. The van der Waals surface area contributed by atoms with Crippen LogP contribution >= 0.6 is 22.7 Å². The lowest BCUT2D eigenvalue weighted by Gasteiger charge is -2.23. The largest absolute Gasteiger partial charge is 0.478 e. The zero-order valence-corrected chi connectivity index (χ0v) is 23.8. The Labute approximate surface area is 234 Å². The number of carboxylic acids is 2. The number of hydrogen-bond acceptors (Lipinski definition) is 7. The zero-order chi connectivity index (χ0) is 28.0. The summed E-state index contributed by atoms with van der Waals surface area (Å²) in [6.07, 6.45) is 6.20. The van der Waals surface area contributed by atoms with Crippen molar-refractivity contribution in [1.29, 1.82) is 0 Å². The Kier molecular flexibility index (Phi) is 6.96. The molecule has 0 bridgehead atoms. The number of aromatic carboxylic acids is 1. The fourth-order valence-electron chi connectivity index (χ4n) is 4.59. The molecule has 9 heteroatoms. The van der Waals surface area contributed by atoms with Crippen molar-refractivity contribution in [3.05, 3.63) is 98.5 Å². The number of hydrogen-bond donors (Lipinski definition) is 3. The molecule has 1 aliphatic heterocycles. The standard InChI is InChI=1S/C30H27N3O4S2/c1-14-15(2)27(38-18(14)5)28-17(4)16(3)26(39-28)19-6-8-31-22(10-19)24-12-21(30(36)37)13-25(33-24)23-11-20(29(34)35)7-9-32-23/h6-13,25,33H,1-5H3,(H,34,35)(H,36,37). The lowest BCUT2D eigenvalue weighted by atomic mass is 9.99. The van der Waals surface area contributed by atoms with Crippen molar-refractivity contribution in [3.8, 4) is 20.2 Å². The van der Waals surface area contributed by atoms with Gasteiger partial charge in [0, 0.05) is 31.9 Å². The van der Waals surface area contributed by atoms with E-state index in [1.54, 1.807) is 23.6 Å². The Morgan fingerprint density at radius 1 is 0.821 bits per heavy atom. The van der Waals surface area contributed by atoms with Crippen molar-refractivity contribution in [3.63, 3.8) is 0 Å². The molecule has 0 aromatic carbocycles. The van der Waals surface area contributed by atoms with Crippen LogP contribution in [-0.2, 0) is 4.79 Å². The van der Waals surface area contributed by atoms with E-state index in [2.05, 4.69) is 49.9 Å². The SMILES string of the molecule is Cc1sc(-c2sc(-c3ccnc(C4=CC(C(=O)O)=CC(c5cc(C(=O)O)ccn5)N4)c3)c(C)c2C)c(C)c1C. The van der Waals surface area contributed by atoms with Crippen LogP contribution < -0.4 is 5.32 Å². The Bertz CT molecular complexity index is 1710. The summed E-state index contributed by atoms with van der Waals surface area (Å²) < 4.78 is 0. The van der Waals surface area contributed by atoms with Gasteiger partial charge in [-0.2, -0.15) is 0 Å². The lowest BCUT2D eigenvalue weighted by Crippen LogP contribution is -2.25. The Hall–Kier alpha value is -4.08. The third-order valence-electron chi connectivity index (χ3n) is 7.19. The highest BCUT2D eigenvalue weighted by molar-refractivity contribution is 7.24. The van der Waals surface area contributed by atoms with Gasteiger partial charge < -0.3 is 15.5 Å². The number of carboxylic acid groups (broad SMARTS) is 2. The van der Waals surface area contributed by atoms with Crippen molar-refractivity contribution in [2.75, 3.05) is 0 Å². The molecule has 1 unspecified atom stereocenters. The van der Waals surface area contributed by atoms with Crippen LogP contribution in [0.5, 0.6) is 0 Å². The highest BCUT2D eigenvalue weighted by atomic mass is 32.1. The lowest BCUT2D eigenvalue weighted by molar-refractivity contribution is -0.132. The monoisotopic (exact) mass is 557 g/mol. The maximum Gasteiger partial charge on any atom is 0.335 e. The van der Waals surface area contributed by atoms with Crippen LogP contribution in [0.1, 0.15) is 54.9 Å². The van der Waals surface area contributed by atoms with Crippen LogP contribution in [0, 0.1) is 34.6 Å². The molecule has 0 saturated heterocycles. The van der Waals surface area contributed by atoms with Gasteiger partial charge >= 0.3 is 11.9 Å². The number of nitrogens with zero attached hydrogens (tertiary/aromatic N) is 2. The normalized spacial score (nSPS) is 14.9. The number of aliphatic carboxylic acids is 1. The van der Waals surface area contributed by atoms with Gasteiger partial charge in [0.15, 0.2) is 0 Å². The van der Waals surface area contributed by atoms with Gasteiger partial charge in [-0.15, -0.1) is 22.7 Å². The molecule has 0 amide bonds. The van der Waals surface area contributed by atoms with Gasteiger partial charge in [-0.3, -0.25) is 9.97 Å². The molecule has 7 nitrogen and oxygen atoms in total.